The molecule has 3 rings (SSSR count). The minimum Gasteiger partial charge on any atom is -0.325 e. The third kappa shape index (κ3) is 2.07. The molecule has 0 radical (unpaired) electrons. The number of nitrogens with two attached hydrogens (primary N) is 1. The molecule has 0 aliphatic rings. The lowest BCUT2D eigenvalue weighted by Crippen LogP contribution is -2.04. The van der Waals surface area contributed by atoms with Gasteiger partial charge in [0.05, 0.1) is 16.3 Å². The summed E-state index contributed by atoms with van der Waals surface area (Å²) in [5.41, 5.74) is 9.37. The fraction of sp³-hybridized carbons (Fsp3) is 0.267. The second-order valence-corrected chi connectivity index (χ2v) is 5.93. The number of hydrogen-bond acceptors (Lipinski definition) is 3. The lowest BCUT2D eigenvalue weighted by molar-refractivity contribution is 0.799. The quantitative estimate of drug-likeness (QED) is 0.790. The van der Waals surface area contributed by atoms with Gasteiger partial charge in [-0.3, -0.25) is 4.40 Å². The van der Waals surface area contributed by atoms with Gasteiger partial charge in [0, 0.05) is 12.7 Å². The van der Waals surface area contributed by atoms with Crippen LogP contribution in [0.2, 0.25) is 0 Å². The maximum Gasteiger partial charge on any atom is 0.194 e. The fourth-order valence-electron chi connectivity index (χ4n) is 2.31. The summed E-state index contributed by atoms with van der Waals surface area (Å²) in [6, 6.07) is 10.4. The first-order chi connectivity index (χ1) is 9.20. The molecule has 3 aromatic rings. The Morgan fingerprint density at radius 2 is 2.00 bits per heavy atom. The van der Waals surface area contributed by atoms with E-state index >= 15 is 0 Å². The molecule has 19 heavy (non-hydrogen) atoms. The van der Waals surface area contributed by atoms with E-state index in [9.17, 15) is 0 Å². The minimum atomic E-state index is 0.408. The fourth-order valence-corrected chi connectivity index (χ4v) is 3.32. The highest BCUT2D eigenvalue weighted by Crippen LogP contribution is 2.31. The number of fused-ring (bicyclic) bond motifs is 1. The Labute approximate surface area is 116 Å². The molecule has 0 saturated heterocycles. The summed E-state index contributed by atoms with van der Waals surface area (Å²) in [5, 5.41) is 0. The largest absolute Gasteiger partial charge is 0.325 e. The second kappa shape index (κ2) is 4.79. The Hall–Kier alpha value is -1.65. The monoisotopic (exact) mass is 271 g/mol. The van der Waals surface area contributed by atoms with Crippen LogP contribution >= 0.6 is 11.3 Å². The third-order valence-corrected chi connectivity index (χ3v) is 4.29. The van der Waals surface area contributed by atoms with E-state index in [1.165, 1.54) is 10.4 Å². The molecular weight excluding hydrogens is 254 g/mol. The van der Waals surface area contributed by atoms with Gasteiger partial charge >= 0.3 is 0 Å². The smallest absolute Gasteiger partial charge is 0.194 e. The average molecular weight is 271 g/mol. The standard InChI is InChI=1S/C15H17N3S/c1-10(2)14-12(8-16)18-9-13(19-15(18)17-14)11-6-4-3-5-7-11/h3-7,9-10H,8,16H2,1-2H3. The molecule has 0 spiro atoms. The molecule has 0 fully saturated rings. The first-order valence-corrected chi connectivity index (χ1v) is 7.28. The van der Waals surface area contributed by atoms with Crippen LogP contribution in [-0.2, 0) is 6.54 Å². The van der Waals surface area contributed by atoms with Gasteiger partial charge in [-0.25, -0.2) is 4.98 Å². The van der Waals surface area contributed by atoms with Crippen molar-refractivity contribution in [1.29, 1.82) is 0 Å². The topological polar surface area (TPSA) is 43.3 Å². The summed E-state index contributed by atoms with van der Waals surface area (Å²) in [6.07, 6.45) is 2.15. The van der Waals surface area contributed by atoms with E-state index in [2.05, 4.69) is 48.7 Å². The molecule has 0 saturated carbocycles. The van der Waals surface area contributed by atoms with Crippen molar-refractivity contribution in [2.24, 2.45) is 5.73 Å². The summed E-state index contributed by atoms with van der Waals surface area (Å²) >= 11 is 1.71. The zero-order valence-electron chi connectivity index (χ0n) is 11.1. The van der Waals surface area contributed by atoms with Crippen molar-refractivity contribution in [1.82, 2.24) is 9.38 Å². The SMILES string of the molecule is CC(C)c1nc2sc(-c3ccccc3)cn2c1CN. The van der Waals surface area contributed by atoms with Gasteiger partial charge in [0.15, 0.2) is 4.96 Å². The minimum absolute atomic E-state index is 0.408. The maximum absolute atomic E-state index is 5.89. The lowest BCUT2D eigenvalue weighted by atomic mass is 10.1. The van der Waals surface area contributed by atoms with Crippen molar-refractivity contribution in [3.05, 3.63) is 47.9 Å². The van der Waals surface area contributed by atoms with Crippen LogP contribution < -0.4 is 5.73 Å². The predicted octanol–water partition coefficient (Wildman–Crippen LogP) is 3.64. The van der Waals surface area contributed by atoms with Crippen molar-refractivity contribution >= 4 is 16.3 Å². The summed E-state index contributed by atoms with van der Waals surface area (Å²) < 4.78 is 2.14. The first-order valence-electron chi connectivity index (χ1n) is 6.47. The first kappa shape index (κ1) is 12.4. The molecule has 1 aromatic carbocycles. The van der Waals surface area contributed by atoms with Crippen LogP contribution in [0, 0.1) is 0 Å². The van der Waals surface area contributed by atoms with Gasteiger partial charge in [-0.15, -0.1) is 0 Å². The van der Waals surface area contributed by atoms with Crippen molar-refractivity contribution in [3.63, 3.8) is 0 Å². The van der Waals surface area contributed by atoms with E-state index in [0.29, 0.717) is 12.5 Å². The van der Waals surface area contributed by atoms with Crippen LogP contribution in [0.25, 0.3) is 15.4 Å². The Morgan fingerprint density at radius 1 is 1.26 bits per heavy atom. The molecule has 0 atom stereocenters. The van der Waals surface area contributed by atoms with Crippen LogP contribution in [0.1, 0.15) is 31.2 Å². The average Bonchev–Trinajstić information content (AvgIpc) is 2.96. The van der Waals surface area contributed by atoms with E-state index in [4.69, 9.17) is 10.7 Å². The number of hydrogen-bond donors (Lipinski definition) is 1. The molecule has 0 aliphatic carbocycles. The van der Waals surface area contributed by atoms with E-state index < -0.39 is 0 Å². The highest BCUT2D eigenvalue weighted by molar-refractivity contribution is 7.20. The second-order valence-electron chi connectivity index (χ2n) is 4.92. The summed E-state index contributed by atoms with van der Waals surface area (Å²) in [4.78, 5) is 6.99. The number of nitrogens with zero attached hydrogens (tertiary/aromatic N) is 2. The zero-order chi connectivity index (χ0) is 13.4. The van der Waals surface area contributed by atoms with Crippen LogP contribution in [0.3, 0.4) is 0 Å². The molecule has 2 N–H and O–H groups in total. The maximum atomic E-state index is 5.89. The van der Waals surface area contributed by atoms with Gasteiger partial charge in [0.2, 0.25) is 0 Å². The number of benzene rings is 1. The van der Waals surface area contributed by atoms with Gasteiger partial charge in [-0.05, 0) is 11.5 Å². The Morgan fingerprint density at radius 3 is 2.63 bits per heavy atom. The molecule has 0 bridgehead atoms. The lowest BCUT2D eigenvalue weighted by Gasteiger charge is -2.03. The summed E-state index contributed by atoms with van der Waals surface area (Å²) in [5.74, 6) is 0.408. The van der Waals surface area contributed by atoms with Crippen molar-refractivity contribution in [2.45, 2.75) is 26.3 Å². The van der Waals surface area contributed by atoms with Gasteiger partial charge in [0.25, 0.3) is 0 Å². The highest BCUT2D eigenvalue weighted by atomic mass is 32.1. The molecule has 2 heterocycles. The molecule has 0 aliphatic heterocycles. The number of rotatable bonds is 3. The Balaban J connectivity index is 2.15. The zero-order valence-corrected chi connectivity index (χ0v) is 11.9. The number of imidazole rings is 1. The molecule has 2 aromatic heterocycles. The van der Waals surface area contributed by atoms with Crippen LogP contribution in [0.15, 0.2) is 36.5 Å². The van der Waals surface area contributed by atoms with Gasteiger partial charge in [0.1, 0.15) is 0 Å². The van der Waals surface area contributed by atoms with Crippen LogP contribution in [0.4, 0.5) is 0 Å². The van der Waals surface area contributed by atoms with E-state index in [-0.39, 0.29) is 0 Å². The molecule has 0 amide bonds. The summed E-state index contributed by atoms with van der Waals surface area (Å²) in [7, 11) is 0. The molecule has 4 heteroatoms. The Kier molecular flexibility index (Phi) is 3.12. The van der Waals surface area contributed by atoms with Crippen molar-refractivity contribution in [3.8, 4) is 10.4 Å². The van der Waals surface area contributed by atoms with E-state index in [1.807, 2.05) is 6.07 Å². The van der Waals surface area contributed by atoms with E-state index in [0.717, 1.165) is 16.3 Å². The molecule has 98 valence electrons. The Bertz CT molecular complexity index is 695. The highest BCUT2D eigenvalue weighted by Gasteiger charge is 2.16. The molecular formula is C15H17N3S. The van der Waals surface area contributed by atoms with Gasteiger partial charge in [-0.2, -0.15) is 0 Å². The number of aromatic nitrogens is 2. The predicted molar refractivity (Wildman–Crippen MR) is 80.5 cm³/mol. The summed E-state index contributed by atoms with van der Waals surface area (Å²) in [6.45, 7) is 4.84. The van der Waals surface area contributed by atoms with Crippen LogP contribution in [0.5, 0.6) is 0 Å². The van der Waals surface area contributed by atoms with Gasteiger partial charge in [-0.1, -0.05) is 55.5 Å². The van der Waals surface area contributed by atoms with E-state index in [1.54, 1.807) is 11.3 Å². The third-order valence-electron chi connectivity index (χ3n) is 3.25. The van der Waals surface area contributed by atoms with Crippen molar-refractivity contribution in [2.75, 3.05) is 0 Å². The van der Waals surface area contributed by atoms with Crippen LogP contribution in [-0.4, -0.2) is 9.38 Å². The molecule has 0 unspecified atom stereocenters. The van der Waals surface area contributed by atoms with Gasteiger partial charge < -0.3 is 5.73 Å². The number of thiazole rings is 1. The van der Waals surface area contributed by atoms with Crippen molar-refractivity contribution < 1.29 is 0 Å². The normalized spacial score (nSPS) is 11.6. The molecule has 3 nitrogen and oxygen atoms in total.